The molecule has 0 saturated carbocycles. The van der Waals surface area contributed by atoms with Gasteiger partial charge in [0.1, 0.15) is 0 Å². The third-order valence-electron chi connectivity index (χ3n) is 4.58. The topological polar surface area (TPSA) is 116 Å². The number of carbonyl (C=O) groups excluding carboxylic acids is 2. The van der Waals surface area contributed by atoms with E-state index in [1.165, 1.54) is 35.3 Å². The van der Waals surface area contributed by atoms with Gasteiger partial charge in [-0.3, -0.25) is 4.79 Å². The zero-order valence-electron chi connectivity index (χ0n) is 18.5. The largest absolute Gasteiger partial charge is 0.416 e. The zero-order chi connectivity index (χ0) is 26.7. The normalized spacial score (nSPS) is 12.0. The van der Waals surface area contributed by atoms with E-state index in [0.717, 1.165) is 0 Å². The summed E-state index contributed by atoms with van der Waals surface area (Å²) >= 11 is 0. The Labute approximate surface area is 199 Å². The molecule has 0 aliphatic carbocycles. The van der Waals surface area contributed by atoms with E-state index in [2.05, 4.69) is 25.9 Å². The highest BCUT2D eigenvalue weighted by Gasteiger charge is 2.37. The van der Waals surface area contributed by atoms with E-state index in [1.54, 1.807) is 14.1 Å². The molecule has 0 saturated heterocycles. The number of hydrogen-bond acceptors (Lipinski definition) is 5. The van der Waals surface area contributed by atoms with E-state index >= 15 is 0 Å². The average molecular weight is 513 g/mol. The number of tetrazole rings is 1. The molecule has 9 nitrogen and oxygen atoms in total. The van der Waals surface area contributed by atoms with Gasteiger partial charge in [-0.05, 0) is 47.2 Å². The molecule has 3 aromatic rings. The van der Waals surface area contributed by atoms with Gasteiger partial charge in [-0.25, -0.2) is 4.79 Å². The summed E-state index contributed by atoms with van der Waals surface area (Å²) < 4.78 is 78.5. The van der Waals surface area contributed by atoms with Gasteiger partial charge in [-0.15, -0.1) is 10.2 Å². The lowest BCUT2D eigenvalue weighted by Gasteiger charge is -2.15. The van der Waals surface area contributed by atoms with Crippen molar-refractivity contribution in [2.24, 2.45) is 0 Å². The fourth-order valence-electron chi connectivity index (χ4n) is 2.86. The van der Waals surface area contributed by atoms with Crippen LogP contribution in [0, 0.1) is 0 Å². The first-order chi connectivity index (χ1) is 16.7. The first kappa shape index (κ1) is 26.2. The molecule has 0 spiro atoms. The Hall–Kier alpha value is -4.43. The lowest BCUT2D eigenvalue weighted by Crippen LogP contribution is -2.21. The molecule has 3 N–H and O–H groups in total. The number of urea groups is 1. The van der Waals surface area contributed by atoms with Crippen molar-refractivity contribution in [2.45, 2.75) is 12.4 Å². The van der Waals surface area contributed by atoms with Crippen LogP contribution in [-0.2, 0) is 17.1 Å². The number of anilines is 2. The third-order valence-corrected chi connectivity index (χ3v) is 4.58. The number of amides is 3. The first-order valence-electron chi connectivity index (χ1n) is 9.89. The van der Waals surface area contributed by atoms with Crippen molar-refractivity contribution in [2.75, 3.05) is 24.7 Å². The molecule has 0 unspecified atom stereocenters. The van der Waals surface area contributed by atoms with E-state index in [1.807, 2.05) is 5.32 Å². The highest BCUT2D eigenvalue weighted by atomic mass is 19.4. The minimum absolute atomic E-state index is 0.0258. The van der Waals surface area contributed by atoms with Gasteiger partial charge in [0.25, 0.3) is 0 Å². The first-order valence-corrected chi connectivity index (χ1v) is 9.89. The number of aromatic nitrogens is 4. The molecule has 36 heavy (non-hydrogen) atoms. The van der Waals surface area contributed by atoms with Crippen LogP contribution in [0.25, 0.3) is 17.5 Å². The molecule has 0 atom stereocenters. The van der Waals surface area contributed by atoms with Gasteiger partial charge in [-0.2, -0.15) is 31.6 Å². The van der Waals surface area contributed by atoms with Crippen molar-refractivity contribution in [3.05, 3.63) is 59.2 Å². The van der Waals surface area contributed by atoms with Crippen molar-refractivity contribution >= 4 is 29.4 Å². The molecule has 190 valence electrons. The van der Waals surface area contributed by atoms with Crippen LogP contribution in [0.15, 0.2) is 42.5 Å². The Kier molecular flexibility index (Phi) is 7.31. The van der Waals surface area contributed by atoms with Crippen molar-refractivity contribution in [1.82, 2.24) is 25.5 Å². The molecule has 0 radical (unpaired) electrons. The van der Waals surface area contributed by atoms with Crippen molar-refractivity contribution in [1.29, 1.82) is 0 Å². The lowest BCUT2D eigenvalue weighted by atomic mass is 10.1. The van der Waals surface area contributed by atoms with Gasteiger partial charge in [0.2, 0.25) is 11.7 Å². The number of H-pyrrole nitrogens is 1. The molecule has 0 bridgehead atoms. The Morgan fingerprint density at radius 2 is 1.58 bits per heavy atom. The second-order valence-electron chi connectivity index (χ2n) is 7.48. The Bertz CT molecular complexity index is 1250. The Morgan fingerprint density at radius 1 is 0.944 bits per heavy atom. The molecule has 1 aromatic heterocycles. The van der Waals surface area contributed by atoms with E-state index < -0.39 is 35.2 Å². The van der Waals surface area contributed by atoms with Crippen molar-refractivity contribution in [3.8, 4) is 11.4 Å². The van der Waals surface area contributed by atoms with Gasteiger partial charge in [-0.1, -0.05) is 6.07 Å². The third kappa shape index (κ3) is 6.58. The van der Waals surface area contributed by atoms with E-state index in [9.17, 15) is 35.9 Å². The summed E-state index contributed by atoms with van der Waals surface area (Å²) in [5.74, 6) is -0.269. The van der Waals surface area contributed by atoms with Crippen LogP contribution in [0.3, 0.4) is 0 Å². The van der Waals surface area contributed by atoms with Crippen LogP contribution in [0.1, 0.15) is 16.7 Å². The maximum absolute atomic E-state index is 13.1. The fraction of sp³-hybridized carbons (Fsp3) is 0.190. The minimum Gasteiger partial charge on any atom is -0.345 e. The summed E-state index contributed by atoms with van der Waals surface area (Å²) in [6.07, 6.45) is -7.37. The number of halogens is 6. The number of benzene rings is 2. The molecule has 3 rings (SSSR count). The average Bonchev–Trinajstić information content (AvgIpc) is 3.31. The standard InChI is InChI=1S/C21H17F6N7O2/c1-34(2)17(35)6-4-11-3-5-16(15(7-11)18-30-32-33-31-18)29-19(36)28-14-9-12(20(22,23)24)8-13(10-14)21(25,26)27/h3-10H,1-2H3,(H2,28,29,36)(H,30,31,32,33)/b6-4+. The molecule has 0 fully saturated rings. The van der Waals surface area contributed by atoms with Crippen LogP contribution in [0.4, 0.5) is 42.5 Å². The number of rotatable bonds is 5. The molecular formula is C21H17F6N7O2. The van der Waals surface area contributed by atoms with Gasteiger partial charge >= 0.3 is 18.4 Å². The number of nitrogens with one attached hydrogen (secondary N) is 3. The van der Waals surface area contributed by atoms with E-state index in [0.29, 0.717) is 17.7 Å². The maximum Gasteiger partial charge on any atom is 0.416 e. The van der Waals surface area contributed by atoms with Gasteiger partial charge in [0, 0.05) is 31.4 Å². The Balaban J connectivity index is 1.90. The number of likely N-dealkylation sites (N-methyl/N-ethyl adjacent to an activating group) is 1. The SMILES string of the molecule is CN(C)C(=O)/C=C/c1ccc(NC(=O)Nc2cc(C(F)(F)F)cc(C(F)(F)F)c2)c(-c2nn[nH]n2)c1. The molecule has 2 aromatic carbocycles. The predicted octanol–water partition coefficient (Wildman–Crippen LogP) is 4.65. The van der Waals surface area contributed by atoms with E-state index in [4.69, 9.17) is 0 Å². The van der Waals surface area contributed by atoms with Gasteiger partial charge in [0.05, 0.1) is 16.8 Å². The number of nitrogens with zero attached hydrogens (tertiary/aromatic N) is 4. The summed E-state index contributed by atoms with van der Waals surface area (Å²) in [5.41, 5.74) is -3.11. The summed E-state index contributed by atoms with van der Waals surface area (Å²) in [4.78, 5) is 25.6. The van der Waals surface area contributed by atoms with Crippen LogP contribution < -0.4 is 10.6 Å². The molecule has 0 aliphatic heterocycles. The molecule has 1 heterocycles. The number of hydrogen-bond donors (Lipinski definition) is 3. The Morgan fingerprint density at radius 3 is 2.11 bits per heavy atom. The summed E-state index contributed by atoms with van der Waals surface area (Å²) in [7, 11) is 3.12. The van der Waals surface area contributed by atoms with Crippen LogP contribution in [0.5, 0.6) is 0 Å². The predicted molar refractivity (Wildman–Crippen MR) is 116 cm³/mol. The monoisotopic (exact) mass is 513 g/mol. The second kappa shape index (κ2) is 10.1. The summed E-state index contributed by atoms with van der Waals surface area (Å²) in [6, 6.07) is 3.97. The number of carbonyl (C=O) groups is 2. The molecule has 15 heteroatoms. The highest BCUT2D eigenvalue weighted by molar-refractivity contribution is 6.02. The second-order valence-corrected chi connectivity index (χ2v) is 7.48. The van der Waals surface area contributed by atoms with Crippen molar-refractivity contribution < 1.29 is 35.9 Å². The van der Waals surface area contributed by atoms with Gasteiger partial charge < -0.3 is 15.5 Å². The van der Waals surface area contributed by atoms with Gasteiger partial charge in [0.15, 0.2) is 0 Å². The van der Waals surface area contributed by atoms with E-state index in [-0.39, 0.29) is 29.0 Å². The van der Waals surface area contributed by atoms with Crippen molar-refractivity contribution in [3.63, 3.8) is 0 Å². The zero-order valence-corrected chi connectivity index (χ0v) is 18.5. The molecule has 3 amide bonds. The lowest BCUT2D eigenvalue weighted by molar-refractivity contribution is -0.143. The number of aromatic amines is 1. The quantitative estimate of drug-likeness (QED) is 0.339. The van der Waals surface area contributed by atoms with Crippen LogP contribution >= 0.6 is 0 Å². The van der Waals surface area contributed by atoms with Crippen LogP contribution in [-0.4, -0.2) is 51.6 Å². The summed E-state index contributed by atoms with van der Waals surface area (Å²) in [5, 5.41) is 17.6. The smallest absolute Gasteiger partial charge is 0.345 e. The summed E-state index contributed by atoms with van der Waals surface area (Å²) in [6.45, 7) is 0. The highest BCUT2D eigenvalue weighted by Crippen LogP contribution is 2.37. The molecule has 0 aliphatic rings. The number of alkyl halides is 6. The fourth-order valence-corrected chi connectivity index (χ4v) is 2.86. The van der Waals surface area contributed by atoms with Crippen LogP contribution in [0.2, 0.25) is 0 Å². The minimum atomic E-state index is -5.07. The molecular weight excluding hydrogens is 496 g/mol. The maximum atomic E-state index is 13.1.